The molecule has 0 saturated carbocycles. The summed E-state index contributed by atoms with van der Waals surface area (Å²) in [6.45, 7) is 2.23. The molecule has 1 aromatic carbocycles. The highest BCUT2D eigenvalue weighted by Gasteiger charge is 1.96. The van der Waals surface area contributed by atoms with Crippen molar-refractivity contribution in [1.82, 2.24) is 0 Å². The van der Waals surface area contributed by atoms with Gasteiger partial charge in [-0.2, -0.15) is 0 Å². The predicted molar refractivity (Wildman–Crippen MR) is 94.8 cm³/mol. The molecule has 0 radical (unpaired) electrons. The molecule has 1 N–H and O–H groups in total. The van der Waals surface area contributed by atoms with Crippen LogP contribution in [0.5, 0.6) is 0 Å². The van der Waals surface area contributed by atoms with E-state index in [1.54, 1.807) is 0 Å². The quantitative estimate of drug-likeness (QED) is 0.514. The number of unbranched alkanes of at least 4 members (excludes halogenated alkanes) is 5. The van der Waals surface area contributed by atoms with Crippen molar-refractivity contribution in [1.29, 1.82) is 0 Å². The molecule has 0 amide bonds. The molecule has 0 aromatic heterocycles. The summed E-state index contributed by atoms with van der Waals surface area (Å²) in [5.41, 5.74) is 2.43. The van der Waals surface area contributed by atoms with Gasteiger partial charge < -0.3 is 5.11 Å². The Kier molecular flexibility index (Phi) is 9.76. The van der Waals surface area contributed by atoms with E-state index >= 15 is 0 Å². The van der Waals surface area contributed by atoms with E-state index in [1.807, 2.05) is 6.07 Å². The first kappa shape index (κ1) is 18.2. The van der Waals surface area contributed by atoms with Gasteiger partial charge in [-0.25, -0.2) is 0 Å². The van der Waals surface area contributed by atoms with Crippen molar-refractivity contribution >= 4 is 18.1 Å². The van der Waals surface area contributed by atoms with Crippen LogP contribution in [0.1, 0.15) is 69.4 Å². The van der Waals surface area contributed by atoms with Gasteiger partial charge in [0.25, 0.3) is 0 Å². The van der Waals surface area contributed by atoms with E-state index in [-0.39, 0.29) is 6.42 Å². The summed E-state index contributed by atoms with van der Waals surface area (Å²) in [6.07, 6.45) is 16.7. The van der Waals surface area contributed by atoms with Gasteiger partial charge in [-0.3, -0.25) is 4.79 Å². The molecule has 2 nitrogen and oxygen atoms in total. The molecule has 0 bridgehead atoms. The lowest BCUT2D eigenvalue weighted by Crippen LogP contribution is -1.92. The van der Waals surface area contributed by atoms with Crippen molar-refractivity contribution < 1.29 is 9.90 Å². The Balaban J connectivity index is 2.45. The first-order valence-corrected chi connectivity index (χ1v) is 8.38. The Morgan fingerprint density at radius 3 is 2.09 bits per heavy atom. The summed E-state index contributed by atoms with van der Waals surface area (Å²) in [5.74, 6) is -0.722. The molecule has 0 unspecified atom stereocenters. The highest BCUT2D eigenvalue weighted by atomic mass is 16.4. The molecule has 0 aliphatic rings. The number of carbonyl (C=O) groups is 1. The molecule has 1 aromatic rings. The van der Waals surface area contributed by atoms with Crippen molar-refractivity contribution in [3.63, 3.8) is 0 Å². The lowest BCUT2D eigenvalue weighted by molar-refractivity contribution is -0.137. The van der Waals surface area contributed by atoms with Crippen LogP contribution in [-0.2, 0) is 4.79 Å². The van der Waals surface area contributed by atoms with Gasteiger partial charge in [0.05, 0.1) is 0 Å². The second kappa shape index (κ2) is 11.8. The fourth-order valence-electron chi connectivity index (χ4n) is 2.30. The Bertz CT molecular complexity index is 486. The molecular weight excluding hydrogens is 272 g/mol. The molecule has 0 spiro atoms. The van der Waals surface area contributed by atoms with Crippen molar-refractivity contribution in [3.8, 4) is 0 Å². The zero-order valence-corrected chi connectivity index (χ0v) is 13.6. The van der Waals surface area contributed by atoms with Crippen LogP contribution >= 0.6 is 0 Å². The van der Waals surface area contributed by atoms with Crippen molar-refractivity contribution in [2.45, 2.75) is 58.3 Å². The SMILES string of the molecule is CCCCCC/C=C\c1ccccc1/C=C/CCCC(=O)O. The maximum atomic E-state index is 10.5. The Labute approximate surface area is 134 Å². The van der Waals surface area contributed by atoms with Gasteiger partial charge in [-0.15, -0.1) is 0 Å². The fraction of sp³-hybridized carbons (Fsp3) is 0.450. The zero-order chi connectivity index (χ0) is 16.0. The average Bonchev–Trinajstić information content (AvgIpc) is 2.51. The highest BCUT2D eigenvalue weighted by molar-refractivity contribution is 5.67. The minimum absolute atomic E-state index is 0.240. The largest absolute Gasteiger partial charge is 0.481 e. The minimum atomic E-state index is -0.722. The van der Waals surface area contributed by atoms with Gasteiger partial charge >= 0.3 is 5.97 Å². The summed E-state index contributed by atoms with van der Waals surface area (Å²) in [6, 6.07) is 8.32. The number of carboxylic acids is 1. The number of allylic oxidation sites excluding steroid dienone is 2. The van der Waals surface area contributed by atoms with E-state index in [0.717, 1.165) is 12.8 Å². The molecule has 0 atom stereocenters. The molecule has 0 aliphatic carbocycles. The van der Waals surface area contributed by atoms with Gasteiger partial charge in [0, 0.05) is 6.42 Å². The maximum Gasteiger partial charge on any atom is 0.303 e. The molecule has 0 saturated heterocycles. The van der Waals surface area contributed by atoms with E-state index in [9.17, 15) is 4.79 Å². The van der Waals surface area contributed by atoms with Crippen LogP contribution in [0.3, 0.4) is 0 Å². The number of aliphatic carboxylic acids is 1. The van der Waals surface area contributed by atoms with Gasteiger partial charge in [0.2, 0.25) is 0 Å². The third-order valence-corrected chi connectivity index (χ3v) is 3.58. The third kappa shape index (κ3) is 8.46. The van der Waals surface area contributed by atoms with E-state index in [1.165, 1.54) is 36.8 Å². The summed E-state index contributed by atoms with van der Waals surface area (Å²) < 4.78 is 0. The van der Waals surface area contributed by atoms with Gasteiger partial charge in [0.15, 0.2) is 0 Å². The lowest BCUT2D eigenvalue weighted by atomic mass is 10.0. The summed E-state index contributed by atoms with van der Waals surface area (Å²) >= 11 is 0. The Hall–Kier alpha value is -1.83. The average molecular weight is 300 g/mol. The topological polar surface area (TPSA) is 37.3 Å². The molecule has 0 aliphatic heterocycles. The van der Waals surface area contributed by atoms with Crippen LogP contribution < -0.4 is 0 Å². The maximum absolute atomic E-state index is 10.5. The van der Waals surface area contributed by atoms with Gasteiger partial charge in [-0.1, -0.05) is 74.8 Å². The molecular formula is C20H28O2. The standard InChI is InChI=1S/C20H28O2/c1-2-3-4-5-6-8-13-18-15-11-12-16-19(18)14-9-7-10-17-20(21)22/h8-9,11-16H,2-7,10,17H2,1H3,(H,21,22)/b13-8-,14-9+. The monoisotopic (exact) mass is 300 g/mol. The van der Waals surface area contributed by atoms with Crippen LogP contribution in [0, 0.1) is 0 Å². The van der Waals surface area contributed by atoms with Crippen LogP contribution in [-0.4, -0.2) is 11.1 Å². The highest BCUT2D eigenvalue weighted by Crippen LogP contribution is 2.14. The first-order chi connectivity index (χ1) is 10.7. The number of benzene rings is 1. The summed E-state index contributed by atoms with van der Waals surface area (Å²) in [7, 11) is 0. The molecule has 0 heterocycles. The fourth-order valence-corrected chi connectivity index (χ4v) is 2.30. The number of rotatable bonds is 11. The normalized spacial score (nSPS) is 11.5. The molecule has 0 fully saturated rings. The summed E-state index contributed by atoms with van der Waals surface area (Å²) in [4.78, 5) is 10.5. The van der Waals surface area contributed by atoms with E-state index in [0.29, 0.717) is 6.42 Å². The van der Waals surface area contributed by atoms with Crippen LogP contribution in [0.2, 0.25) is 0 Å². The zero-order valence-electron chi connectivity index (χ0n) is 13.6. The van der Waals surface area contributed by atoms with Crippen LogP contribution in [0.15, 0.2) is 36.4 Å². The number of hydrogen-bond acceptors (Lipinski definition) is 1. The van der Waals surface area contributed by atoms with Crippen molar-refractivity contribution in [2.75, 3.05) is 0 Å². The second-order valence-electron chi connectivity index (χ2n) is 5.57. The predicted octanol–water partition coefficient (Wildman–Crippen LogP) is 5.94. The summed E-state index contributed by atoms with van der Waals surface area (Å²) in [5, 5.41) is 8.62. The first-order valence-electron chi connectivity index (χ1n) is 8.38. The van der Waals surface area contributed by atoms with Gasteiger partial charge in [-0.05, 0) is 36.8 Å². The van der Waals surface area contributed by atoms with Gasteiger partial charge in [0.1, 0.15) is 0 Å². The number of hydrogen-bond donors (Lipinski definition) is 1. The van der Waals surface area contributed by atoms with E-state index in [2.05, 4.69) is 49.4 Å². The third-order valence-electron chi connectivity index (χ3n) is 3.58. The van der Waals surface area contributed by atoms with Crippen LogP contribution in [0.4, 0.5) is 0 Å². The lowest BCUT2D eigenvalue weighted by Gasteiger charge is -2.01. The van der Waals surface area contributed by atoms with Crippen molar-refractivity contribution in [3.05, 3.63) is 47.5 Å². The number of carboxylic acid groups (broad SMARTS) is 1. The van der Waals surface area contributed by atoms with E-state index in [4.69, 9.17) is 5.11 Å². The van der Waals surface area contributed by atoms with Crippen molar-refractivity contribution in [2.24, 2.45) is 0 Å². The smallest absolute Gasteiger partial charge is 0.303 e. The molecule has 1 rings (SSSR count). The van der Waals surface area contributed by atoms with E-state index < -0.39 is 5.97 Å². The second-order valence-corrected chi connectivity index (χ2v) is 5.57. The Morgan fingerprint density at radius 1 is 0.955 bits per heavy atom. The Morgan fingerprint density at radius 2 is 1.55 bits per heavy atom. The van der Waals surface area contributed by atoms with Crippen LogP contribution in [0.25, 0.3) is 12.2 Å². The minimum Gasteiger partial charge on any atom is -0.481 e. The molecule has 22 heavy (non-hydrogen) atoms. The molecule has 120 valence electrons. The molecule has 2 heteroatoms.